The number of nitrogens with one attached hydrogen (secondary N) is 1. The SMILES string of the molecule is Cc1ccc(CN(C(=O)CN(c2ccc(Cl)cc2)S(=O)(=O)c2ccc(C)cc2)C(Cc2ccccc2)C(=O)NC2CCCCC2)cc1. The summed E-state index contributed by atoms with van der Waals surface area (Å²) < 4.78 is 29.5. The molecule has 1 saturated carbocycles. The van der Waals surface area contributed by atoms with E-state index in [1.807, 2.05) is 68.4 Å². The number of halogens is 1. The fourth-order valence-corrected chi connectivity index (χ4v) is 7.50. The van der Waals surface area contributed by atoms with E-state index >= 15 is 0 Å². The predicted octanol–water partition coefficient (Wildman–Crippen LogP) is 7.24. The fraction of sp³-hybridized carbons (Fsp3) is 0.316. The number of aryl methyl sites for hydroxylation is 2. The van der Waals surface area contributed by atoms with Crippen molar-refractivity contribution in [1.82, 2.24) is 10.2 Å². The molecule has 246 valence electrons. The predicted molar refractivity (Wildman–Crippen MR) is 188 cm³/mol. The summed E-state index contributed by atoms with van der Waals surface area (Å²) in [5.74, 6) is -0.725. The van der Waals surface area contributed by atoms with Crippen molar-refractivity contribution in [2.75, 3.05) is 10.8 Å². The highest BCUT2D eigenvalue weighted by atomic mass is 35.5. The van der Waals surface area contributed by atoms with Crippen LogP contribution in [0.4, 0.5) is 5.69 Å². The Morgan fingerprint density at radius 1 is 0.787 bits per heavy atom. The number of sulfonamides is 1. The number of anilines is 1. The molecule has 5 rings (SSSR count). The number of hydrogen-bond acceptors (Lipinski definition) is 4. The molecular weight excluding hydrogens is 630 g/mol. The van der Waals surface area contributed by atoms with E-state index in [2.05, 4.69) is 5.32 Å². The summed E-state index contributed by atoms with van der Waals surface area (Å²) in [5, 5.41) is 3.68. The molecular formula is C38H42ClN3O4S. The van der Waals surface area contributed by atoms with Crippen LogP contribution in [0.2, 0.25) is 5.02 Å². The Bertz CT molecular complexity index is 1740. The molecule has 7 nitrogen and oxygen atoms in total. The Labute approximate surface area is 283 Å². The molecule has 2 amide bonds. The molecule has 47 heavy (non-hydrogen) atoms. The van der Waals surface area contributed by atoms with Gasteiger partial charge in [-0.1, -0.05) is 109 Å². The van der Waals surface area contributed by atoms with E-state index in [0.717, 1.165) is 58.7 Å². The van der Waals surface area contributed by atoms with Crippen molar-refractivity contribution in [3.05, 3.63) is 130 Å². The molecule has 0 bridgehead atoms. The normalized spacial score (nSPS) is 14.3. The smallest absolute Gasteiger partial charge is 0.264 e. The first-order valence-electron chi connectivity index (χ1n) is 16.1. The highest BCUT2D eigenvalue weighted by Gasteiger charge is 2.35. The van der Waals surface area contributed by atoms with Gasteiger partial charge in [0, 0.05) is 24.0 Å². The summed E-state index contributed by atoms with van der Waals surface area (Å²) in [5.41, 5.74) is 4.02. The quantitative estimate of drug-likeness (QED) is 0.172. The summed E-state index contributed by atoms with van der Waals surface area (Å²) in [6.07, 6.45) is 5.32. The van der Waals surface area contributed by atoms with Crippen LogP contribution in [0.25, 0.3) is 0 Å². The lowest BCUT2D eigenvalue weighted by atomic mass is 9.94. The summed E-state index contributed by atoms with van der Waals surface area (Å²) in [6.45, 7) is 3.49. The third-order valence-corrected chi connectivity index (χ3v) is 10.7. The number of nitrogens with zero attached hydrogens (tertiary/aromatic N) is 2. The molecule has 0 saturated heterocycles. The zero-order valence-corrected chi connectivity index (χ0v) is 28.5. The highest BCUT2D eigenvalue weighted by Crippen LogP contribution is 2.27. The van der Waals surface area contributed by atoms with E-state index < -0.39 is 28.5 Å². The second-order valence-electron chi connectivity index (χ2n) is 12.4. The van der Waals surface area contributed by atoms with Gasteiger partial charge in [0.05, 0.1) is 10.6 Å². The van der Waals surface area contributed by atoms with Gasteiger partial charge in [0.1, 0.15) is 12.6 Å². The van der Waals surface area contributed by atoms with E-state index in [-0.39, 0.29) is 29.8 Å². The van der Waals surface area contributed by atoms with E-state index in [1.165, 1.54) is 12.1 Å². The maximum Gasteiger partial charge on any atom is 0.264 e. The standard InChI is InChI=1S/C38H42ClN3O4S/c1-28-13-17-31(18-14-28)26-41(36(25-30-9-5-3-6-10-30)38(44)40-33-11-7-4-8-12-33)37(43)27-42(34-21-19-32(39)20-22-34)47(45,46)35-23-15-29(2)16-24-35/h3,5-6,9-10,13-24,33,36H,4,7-8,11-12,25-27H2,1-2H3,(H,40,44). The minimum Gasteiger partial charge on any atom is -0.352 e. The van der Waals surface area contributed by atoms with E-state index in [1.54, 1.807) is 41.3 Å². The van der Waals surface area contributed by atoms with Crippen molar-refractivity contribution in [2.45, 2.75) is 75.9 Å². The molecule has 0 spiro atoms. The maximum absolute atomic E-state index is 14.6. The lowest BCUT2D eigenvalue weighted by Gasteiger charge is -2.35. The summed E-state index contributed by atoms with van der Waals surface area (Å²) >= 11 is 6.17. The number of benzene rings is 4. The van der Waals surface area contributed by atoms with Gasteiger partial charge >= 0.3 is 0 Å². The number of hydrogen-bond donors (Lipinski definition) is 1. The van der Waals surface area contributed by atoms with Crippen molar-refractivity contribution in [2.24, 2.45) is 0 Å². The zero-order chi connectivity index (χ0) is 33.4. The van der Waals surface area contributed by atoms with Gasteiger partial charge in [0.2, 0.25) is 11.8 Å². The number of carbonyl (C=O) groups is 2. The van der Waals surface area contributed by atoms with Gasteiger partial charge < -0.3 is 10.2 Å². The van der Waals surface area contributed by atoms with Gasteiger partial charge in [-0.3, -0.25) is 13.9 Å². The molecule has 9 heteroatoms. The summed E-state index contributed by atoms with van der Waals surface area (Å²) in [4.78, 5) is 30.4. The molecule has 1 aliphatic carbocycles. The topological polar surface area (TPSA) is 86.8 Å². The average molecular weight is 672 g/mol. The largest absolute Gasteiger partial charge is 0.352 e. The number of amides is 2. The van der Waals surface area contributed by atoms with Crippen LogP contribution in [-0.4, -0.2) is 43.8 Å². The van der Waals surface area contributed by atoms with E-state index in [0.29, 0.717) is 10.7 Å². The Kier molecular flexibility index (Phi) is 11.4. The van der Waals surface area contributed by atoms with Crippen LogP contribution in [0.15, 0.2) is 108 Å². The molecule has 0 radical (unpaired) electrons. The number of carbonyl (C=O) groups excluding carboxylic acids is 2. The molecule has 0 heterocycles. The first-order chi connectivity index (χ1) is 22.6. The van der Waals surface area contributed by atoms with Gasteiger partial charge in [-0.05, 0) is 74.2 Å². The molecule has 0 aromatic heterocycles. The van der Waals surface area contributed by atoms with Gasteiger partial charge in [-0.2, -0.15) is 0 Å². The van der Waals surface area contributed by atoms with Crippen LogP contribution < -0.4 is 9.62 Å². The van der Waals surface area contributed by atoms with Gasteiger partial charge in [0.15, 0.2) is 0 Å². The van der Waals surface area contributed by atoms with Crippen LogP contribution in [0, 0.1) is 13.8 Å². The van der Waals surface area contributed by atoms with Gasteiger partial charge in [-0.25, -0.2) is 8.42 Å². The highest BCUT2D eigenvalue weighted by molar-refractivity contribution is 7.92. The van der Waals surface area contributed by atoms with Crippen molar-refractivity contribution in [3.8, 4) is 0 Å². The fourth-order valence-electron chi connectivity index (χ4n) is 5.96. The molecule has 1 N–H and O–H groups in total. The molecule has 4 aromatic carbocycles. The monoisotopic (exact) mass is 671 g/mol. The molecule has 1 unspecified atom stereocenters. The minimum absolute atomic E-state index is 0.0401. The van der Waals surface area contributed by atoms with Crippen molar-refractivity contribution >= 4 is 39.1 Å². The van der Waals surface area contributed by atoms with E-state index in [4.69, 9.17) is 11.6 Å². The lowest BCUT2D eigenvalue weighted by Crippen LogP contribution is -2.55. The molecule has 1 aliphatic rings. The second kappa shape index (κ2) is 15.6. The Hall–Kier alpha value is -4.14. The van der Waals surface area contributed by atoms with Gasteiger partial charge in [-0.15, -0.1) is 0 Å². The molecule has 1 atom stereocenters. The van der Waals surface area contributed by atoms with Crippen molar-refractivity contribution < 1.29 is 18.0 Å². The number of rotatable bonds is 12. The first kappa shape index (κ1) is 34.2. The third-order valence-electron chi connectivity index (χ3n) is 8.70. The first-order valence-corrected chi connectivity index (χ1v) is 18.0. The Balaban J connectivity index is 1.55. The zero-order valence-electron chi connectivity index (χ0n) is 26.9. The average Bonchev–Trinajstić information content (AvgIpc) is 3.07. The van der Waals surface area contributed by atoms with Crippen molar-refractivity contribution in [3.63, 3.8) is 0 Å². The lowest BCUT2D eigenvalue weighted by molar-refractivity contribution is -0.140. The Morgan fingerprint density at radius 3 is 2.00 bits per heavy atom. The van der Waals surface area contributed by atoms with Crippen LogP contribution in [0.5, 0.6) is 0 Å². The summed E-state index contributed by atoms with van der Waals surface area (Å²) in [7, 11) is -4.18. The summed E-state index contributed by atoms with van der Waals surface area (Å²) in [6, 6.07) is 29.5. The van der Waals surface area contributed by atoms with Gasteiger partial charge in [0.25, 0.3) is 10.0 Å². The van der Waals surface area contributed by atoms with Crippen LogP contribution in [-0.2, 0) is 32.6 Å². The molecule has 0 aliphatic heterocycles. The minimum atomic E-state index is -4.18. The van der Waals surface area contributed by atoms with E-state index in [9.17, 15) is 18.0 Å². The molecule has 4 aromatic rings. The maximum atomic E-state index is 14.6. The molecule has 1 fully saturated rings. The second-order valence-corrected chi connectivity index (χ2v) is 14.7. The Morgan fingerprint density at radius 2 is 1.38 bits per heavy atom. The van der Waals surface area contributed by atoms with Crippen LogP contribution in [0.3, 0.4) is 0 Å². The van der Waals surface area contributed by atoms with Crippen LogP contribution in [0.1, 0.15) is 54.4 Å². The van der Waals surface area contributed by atoms with Crippen molar-refractivity contribution in [1.29, 1.82) is 0 Å². The third kappa shape index (κ3) is 9.02. The van der Waals surface area contributed by atoms with Crippen LogP contribution >= 0.6 is 11.6 Å².